The zero-order valence-electron chi connectivity index (χ0n) is 12.7. The van der Waals surface area contributed by atoms with Crippen LogP contribution >= 0.6 is 22.9 Å². The molecule has 22 heavy (non-hydrogen) atoms. The number of halogens is 1. The fraction of sp³-hybridized carbons (Fsp3) is 0.312. The first-order valence-corrected chi connectivity index (χ1v) is 8.05. The van der Waals surface area contributed by atoms with E-state index in [-0.39, 0.29) is 17.7 Å². The number of nitrogens with zero attached hydrogens (tertiary/aromatic N) is 1. The minimum Gasteiger partial charge on any atom is -0.336 e. The molecule has 1 aromatic carbocycles. The monoisotopic (exact) mass is 411 g/mol. The number of carbonyl (C=O) groups is 2. The van der Waals surface area contributed by atoms with Crippen molar-refractivity contribution in [3.63, 3.8) is 0 Å². The Kier molecular flexibility index (Phi) is 5.00. The van der Waals surface area contributed by atoms with E-state index >= 15 is 0 Å². The molecule has 5 nitrogen and oxygen atoms in total. The van der Waals surface area contributed by atoms with E-state index < -0.39 is 5.54 Å². The van der Waals surface area contributed by atoms with Gasteiger partial charge in [-0.05, 0) is 25.0 Å². The first kappa shape index (κ1) is 16.7. The second kappa shape index (κ2) is 6.60. The highest BCUT2D eigenvalue weighted by atomic mass is 127. The average molecular weight is 411 g/mol. The van der Waals surface area contributed by atoms with Crippen molar-refractivity contribution in [2.45, 2.75) is 26.3 Å². The van der Waals surface area contributed by atoms with Crippen LogP contribution in [0.2, 0.25) is 0 Å². The van der Waals surface area contributed by atoms with Crippen LogP contribution in [-0.4, -0.2) is 22.3 Å². The van der Waals surface area contributed by atoms with E-state index in [9.17, 15) is 9.59 Å². The normalized spacial score (nSPS) is 13.7. The van der Waals surface area contributed by atoms with Crippen molar-refractivity contribution in [2.24, 2.45) is 5.92 Å². The van der Waals surface area contributed by atoms with Gasteiger partial charge in [0.05, 0.1) is 28.4 Å². The number of hydrogen-bond donors (Lipinski definition) is 2. The third-order valence-electron chi connectivity index (χ3n) is 3.92. The summed E-state index contributed by atoms with van der Waals surface area (Å²) in [6.45, 7) is 5.49. The SMILES string of the molecule is CC(C)C(C)(NC(=O)c1ccc2ccccc2n1)C(=O)NI. The lowest BCUT2D eigenvalue weighted by Crippen LogP contribution is -2.58. The topological polar surface area (TPSA) is 71.1 Å². The maximum Gasteiger partial charge on any atom is 0.270 e. The number of carbonyl (C=O) groups excluding carboxylic acids is 2. The Hall–Kier alpha value is -1.70. The third-order valence-corrected chi connectivity index (χ3v) is 4.41. The Morgan fingerprint density at radius 2 is 1.86 bits per heavy atom. The lowest BCUT2D eigenvalue weighted by atomic mass is 9.87. The molecule has 2 N–H and O–H groups in total. The van der Waals surface area contributed by atoms with Crippen LogP contribution in [0.5, 0.6) is 0 Å². The molecule has 1 unspecified atom stereocenters. The van der Waals surface area contributed by atoms with Gasteiger partial charge in [0.1, 0.15) is 11.2 Å². The molecular weight excluding hydrogens is 393 g/mol. The Morgan fingerprint density at radius 1 is 1.18 bits per heavy atom. The highest BCUT2D eigenvalue weighted by Gasteiger charge is 2.38. The number of benzene rings is 1. The maximum absolute atomic E-state index is 12.5. The summed E-state index contributed by atoms with van der Waals surface area (Å²) < 4.78 is 2.57. The minimum absolute atomic E-state index is 0.0633. The van der Waals surface area contributed by atoms with Gasteiger partial charge in [-0.15, -0.1) is 0 Å². The number of nitrogens with one attached hydrogen (secondary N) is 2. The molecule has 0 aliphatic heterocycles. The van der Waals surface area contributed by atoms with E-state index in [0.717, 1.165) is 10.9 Å². The molecular formula is C16H18IN3O2. The molecule has 0 aliphatic carbocycles. The smallest absolute Gasteiger partial charge is 0.270 e. The standard InChI is InChI=1S/C16H18IN3O2/c1-10(2)16(3,15(22)20-17)19-14(21)13-9-8-11-6-4-5-7-12(11)18-13/h4-10H,1-3H3,(H,19,21)(H,20,22). The second-order valence-corrected chi connectivity index (χ2v) is 6.16. The molecule has 1 atom stereocenters. The van der Waals surface area contributed by atoms with E-state index in [1.54, 1.807) is 35.9 Å². The minimum atomic E-state index is -0.994. The summed E-state index contributed by atoms with van der Waals surface area (Å²) in [5.74, 6) is -0.661. The molecule has 1 heterocycles. The van der Waals surface area contributed by atoms with Gasteiger partial charge in [-0.3, -0.25) is 13.1 Å². The Morgan fingerprint density at radius 3 is 2.50 bits per heavy atom. The molecule has 0 radical (unpaired) electrons. The molecule has 0 aliphatic rings. The molecule has 0 fully saturated rings. The summed E-state index contributed by atoms with van der Waals surface area (Å²) in [5, 5.41) is 3.77. The Bertz CT molecular complexity index is 717. The Labute approximate surface area is 143 Å². The molecule has 0 spiro atoms. The van der Waals surface area contributed by atoms with Crippen LogP contribution in [0.25, 0.3) is 10.9 Å². The van der Waals surface area contributed by atoms with Crippen LogP contribution in [0, 0.1) is 5.92 Å². The molecule has 0 saturated carbocycles. The lowest BCUT2D eigenvalue weighted by Gasteiger charge is -2.32. The van der Waals surface area contributed by atoms with E-state index in [0.29, 0.717) is 5.69 Å². The Balaban J connectivity index is 2.31. The van der Waals surface area contributed by atoms with Gasteiger partial charge in [-0.1, -0.05) is 38.1 Å². The van der Waals surface area contributed by atoms with Crippen LogP contribution in [0.4, 0.5) is 0 Å². The van der Waals surface area contributed by atoms with E-state index in [2.05, 4.69) is 13.8 Å². The number of hydrogen-bond acceptors (Lipinski definition) is 3. The first-order valence-electron chi connectivity index (χ1n) is 6.98. The van der Waals surface area contributed by atoms with Gasteiger partial charge < -0.3 is 5.32 Å². The van der Waals surface area contributed by atoms with Gasteiger partial charge >= 0.3 is 0 Å². The molecule has 2 aromatic rings. The first-order chi connectivity index (χ1) is 10.4. The number of amides is 2. The summed E-state index contributed by atoms with van der Waals surface area (Å²) in [7, 11) is 0. The second-order valence-electron chi connectivity index (χ2n) is 5.62. The van der Waals surface area contributed by atoms with E-state index in [1.807, 2.05) is 44.2 Å². The van der Waals surface area contributed by atoms with Crippen LogP contribution in [0.3, 0.4) is 0 Å². The number of pyridine rings is 1. The summed E-state index contributed by atoms with van der Waals surface area (Å²) >= 11 is 1.78. The molecule has 0 saturated heterocycles. The van der Waals surface area contributed by atoms with Crippen molar-refractivity contribution >= 4 is 45.6 Å². The van der Waals surface area contributed by atoms with Crippen LogP contribution < -0.4 is 8.85 Å². The zero-order valence-corrected chi connectivity index (χ0v) is 14.8. The molecule has 6 heteroatoms. The highest BCUT2D eigenvalue weighted by molar-refractivity contribution is 14.1. The summed E-state index contributed by atoms with van der Waals surface area (Å²) in [4.78, 5) is 28.9. The van der Waals surface area contributed by atoms with Gasteiger partial charge in [0.2, 0.25) is 0 Å². The molecule has 2 amide bonds. The number of aromatic nitrogens is 1. The van der Waals surface area contributed by atoms with Crippen LogP contribution in [0.1, 0.15) is 31.3 Å². The van der Waals surface area contributed by atoms with Crippen LogP contribution in [-0.2, 0) is 4.79 Å². The largest absolute Gasteiger partial charge is 0.336 e. The van der Waals surface area contributed by atoms with Crippen molar-refractivity contribution in [2.75, 3.05) is 0 Å². The van der Waals surface area contributed by atoms with Gasteiger partial charge in [-0.25, -0.2) is 4.98 Å². The number of fused-ring (bicyclic) bond motifs is 1. The summed E-state index contributed by atoms with van der Waals surface area (Å²) in [6.07, 6.45) is 0. The van der Waals surface area contributed by atoms with Crippen LogP contribution in [0.15, 0.2) is 36.4 Å². The fourth-order valence-electron chi connectivity index (χ4n) is 2.05. The average Bonchev–Trinajstić information content (AvgIpc) is 2.53. The molecule has 0 bridgehead atoms. The number of rotatable bonds is 4. The van der Waals surface area contributed by atoms with Gasteiger partial charge in [0.15, 0.2) is 0 Å². The predicted octanol–water partition coefficient (Wildman–Crippen LogP) is 2.85. The summed E-state index contributed by atoms with van der Waals surface area (Å²) in [6, 6.07) is 11.1. The highest BCUT2D eigenvalue weighted by Crippen LogP contribution is 2.19. The number of para-hydroxylation sites is 1. The van der Waals surface area contributed by atoms with E-state index in [1.165, 1.54) is 0 Å². The third kappa shape index (κ3) is 3.21. The van der Waals surface area contributed by atoms with Crippen molar-refractivity contribution in [1.82, 2.24) is 13.8 Å². The van der Waals surface area contributed by atoms with Gasteiger partial charge in [0.25, 0.3) is 11.8 Å². The quantitative estimate of drug-likeness (QED) is 0.601. The van der Waals surface area contributed by atoms with Crippen molar-refractivity contribution < 1.29 is 9.59 Å². The van der Waals surface area contributed by atoms with Gasteiger partial charge in [0, 0.05) is 5.39 Å². The fourth-order valence-corrected chi connectivity index (χ4v) is 2.61. The molecule has 2 rings (SSSR count). The van der Waals surface area contributed by atoms with Crippen molar-refractivity contribution in [3.05, 3.63) is 42.1 Å². The van der Waals surface area contributed by atoms with Crippen molar-refractivity contribution in [3.8, 4) is 0 Å². The maximum atomic E-state index is 12.5. The molecule has 1 aromatic heterocycles. The lowest BCUT2D eigenvalue weighted by molar-refractivity contribution is -0.125. The predicted molar refractivity (Wildman–Crippen MR) is 94.6 cm³/mol. The summed E-state index contributed by atoms with van der Waals surface area (Å²) in [5.41, 5.74) is 0.0533. The van der Waals surface area contributed by atoms with Gasteiger partial charge in [-0.2, -0.15) is 0 Å². The van der Waals surface area contributed by atoms with E-state index in [4.69, 9.17) is 0 Å². The molecule has 116 valence electrons. The van der Waals surface area contributed by atoms with Crippen molar-refractivity contribution in [1.29, 1.82) is 0 Å². The zero-order chi connectivity index (χ0) is 16.3.